The fourth-order valence-corrected chi connectivity index (χ4v) is 3.82. The molecule has 0 bridgehead atoms. The fraction of sp³-hybridized carbons (Fsp3) is 0.682. The highest BCUT2D eigenvalue weighted by molar-refractivity contribution is 6.31. The number of methoxy groups -OCH3 is 1. The van der Waals surface area contributed by atoms with Crippen LogP contribution in [0.3, 0.4) is 0 Å². The highest BCUT2D eigenvalue weighted by atomic mass is 35.5. The van der Waals surface area contributed by atoms with E-state index in [2.05, 4.69) is 4.90 Å². The van der Waals surface area contributed by atoms with Crippen molar-refractivity contribution in [1.29, 1.82) is 0 Å². The van der Waals surface area contributed by atoms with Gasteiger partial charge in [-0.3, -0.25) is 9.69 Å². The van der Waals surface area contributed by atoms with Gasteiger partial charge in [0, 0.05) is 51.8 Å². The van der Waals surface area contributed by atoms with Gasteiger partial charge >= 0.3 is 0 Å². The molecule has 8 heteroatoms. The van der Waals surface area contributed by atoms with Crippen molar-refractivity contribution in [2.75, 3.05) is 46.5 Å². The number of amides is 1. The van der Waals surface area contributed by atoms with Gasteiger partial charge < -0.3 is 24.6 Å². The molecule has 0 saturated carbocycles. The first-order valence-electron chi connectivity index (χ1n) is 10.6. The molecule has 0 unspecified atom stereocenters. The van der Waals surface area contributed by atoms with Gasteiger partial charge in [-0.2, -0.15) is 0 Å². The summed E-state index contributed by atoms with van der Waals surface area (Å²) in [6.45, 7) is 5.28. The molecule has 0 aliphatic carbocycles. The summed E-state index contributed by atoms with van der Waals surface area (Å²) in [5.41, 5.74) is 1.09. The molecule has 1 aromatic rings. The number of hydrogen-bond acceptors (Lipinski definition) is 6. The van der Waals surface area contributed by atoms with E-state index in [4.69, 9.17) is 21.1 Å². The molecule has 0 aromatic heterocycles. The minimum Gasteiger partial charge on any atom is -0.388 e. The van der Waals surface area contributed by atoms with Crippen LogP contribution in [-0.4, -0.2) is 90.7 Å². The van der Waals surface area contributed by atoms with E-state index in [0.29, 0.717) is 13.2 Å². The number of benzene rings is 1. The number of carbonyl (C=O) groups excluding carboxylic acids is 1. The van der Waals surface area contributed by atoms with Crippen LogP contribution < -0.4 is 0 Å². The van der Waals surface area contributed by atoms with Crippen LogP contribution in [0.2, 0.25) is 5.02 Å². The Morgan fingerprint density at radius 1 is 1.20 bits per heavy atom. The van der Waals surface area contributed by atoms with Gasteiger partial charge in [0.15, 0.2) is 0 Å². The smallest absolute Gasteiger partial charge is 0.219 e. The molecule has 2 rings (SSSR count). The standard InChI is InChI=1S/C22H35ClN2O5/c1-17(26)25-12-7-11-24(14-18-8-3-4-9-19(18)23)10-5-6-13-30-16-20(27)22(28)21(15-25)29-2/h3-4,8-9,20-22,27-28H,5-7,10-16H2,1-2H3/t20-,21-,22-/m0/s1. The SMILES string of the molecule is CO[C@H]1CN(C(C)=O)CCCN(Cc2ccccc2Cl)CCCCOC[C@H](O)[C@@H]1O. The summed E-state index contributed by atoms with van der Waals surface area (Å²) < 4.78 is 10.9. The van der Waals surface area contributed by atoms with E-state index in [-0.39, 0.29) is 19.1 Å². The van der Waals surface area contributed by atoms with Gasteiger partial charge in [-0.15, -0.1) is 0 Å². The van der Waals surface area contributed by atoms with Crippen LogP contribution in [0.25, 0.3) is 0 Å². The Morgan fingerprint density at radius 3 is 2.63 bits per heavy atom. The summed E-state index contributed by atoms with van der Waals surface area (Å²) in [6, 6.07) is 7.85. The zero-order valence-electron chi connectivity index (χ0n) is 18.0. The van der Waals surface area contributed by atoms with E-state index >= 15 is 0 Å². The molecule has 3 atom stereocenters. The third kappa shape index (κ3) is 8.13. The van der Waals surface area contributed by atoms with Gasteiger partial charge in [0.25, 0.3) is 0 Å². The van der Waals surface area contributed by atoms with Crippen molar-refractivity contribution in [2.45, 2.75) is 51.0 Å². The Bertz CT molecular complexity index is 648. The average molecular weight is 443 g/mol. The lowest BCUT2D eigenvalue weighted by Gasteiger charge is -2.31. The lowest BCUT2D eigenvalue weighted by atomic mass is 10.1. The molecule has 1 saturated heterocycles. The lowest BCUT2D eigenvalue weighted by molar-refractivity contribution is -0.136. The summed E-state index contributed by atoms with van der Waals surface area (Å²) >= 11 is 6.34. The van der Waals surface area contributed by atoms with E-state index in [1.165, 1.54) is 14.0 Å². The summed E-state index contributed by atoms with van der Waals surface area (Å²) in [7, 11) is 1.47. The van der Waals surface area contributed by atoms with Gasteiger partial charge in [0.05, 0.1) is 6.61 Å². The first-order valence-corrected chi connectivity index (χ1v) is 11.0. The molecule has 1 amide bonds. The third-order valence-electron chi connectivity index (χ3n) is 5.48. The van der Waals surface area contributed by atoms with Crippen molar-refractivity contribution in [3.05, 3.63) is 34.9 Å². The maximum Gasteiger partial charge on any atom is 0.219 e. The Hall–Kier alpha value is -1.22. The Balaban J connectivity index is 2.07. The number of rotatable bonds is 3. The molecule has 170 valence electrons. The number of nitrogens with zero attached hydrogens (tertiary/aromatic N) is 2. The molecule has 1 aliphatic rings. The Kier molecular flexibility index (Phi) is 11.1. The quantitative estimate of drug-likeness (QED) is 0.744. The zero-order valence-corrected chi connectivity index (χ0v) is 18.8. The fourth-order valence-electron chi connectivity index (χ4n) is 3.63. The molecule has 1 aromatic carbocycles. The molecule has 0 radical (unpaired) electrons. The van der Waals surface area contributed by atoms with Crippen LogP contribution in [-0.2, 0) is 20.8 Å². The molecule has 0 spiro atoms. The normalized spacial score (nSPS) is 26.0. The molecule has 1 aliphatic heterocycles. The number of hydrogen-bond donors (Lipinski definition) is 2. The number of aliphatic hydroxyl groups excluding tert-OH is 2. The summed E-state index contributed by atoms with van der Waals surface area (Å²) in [5.74, 6) is -0.0861. The minimum atomic E-state index is -1.13. The average Bonchev–Trinajstić information content (AvgIpc) is 2.73. The van der Waals surface area contributed by atoms with Crippen molar-refractivity contribution >= 4 is 17.5 Å². The molecular formula is C22H35ClN2O5. The zero-order chi connectivity index (χ0) is 21.9. The maximum absolute atomic E-state index is 12.1. The largest absolute Gasteiger partial charge is 0.388 e. The van der Waals surface area contributed by atoms with Crippen LogP contribution in [0.5, 0.6) is 0 Å². The Labute approximate surface area is 184 Å². The second-order valence-electron chi connectivity index (χ2n) is 7.80. The summed E-state index contributed by atoms with van der Waals surface area (Å²) in [5, 5.41) is 21.4. The molecule has 2 N–H and O–H groups in total. The second-order valence-corrected chi connectivity index (χ2v) is 8.21. The van der Waals surface area contributed by atoms with Gasteiger partial charge in [-0.1, -0.05) is 29.8 Å². The van der Waals surface area contributed by atoms with Crippen molar-refractivity contribution in [3.8, 4) is 0 Å². The molecule has 1 fully saturated rings. The van der Waals surface area contributed by atoms with E-state index in [1.807, 2.05) is 24.3 Å². The first kappa shape index (κ1) is 25.0. The van der Waals surface area contributed by atoms with E-state index in [0.717, 1.165) is 49.5 Å². The number of halogens is 1. The first-order chi connectivity index (χ1) is 14.4. The molecule has 30 heavy (non-hydrogen) atoms. The van der Waals surface area contributed by atoms with Gasteiger partial charge in [-0.05, 0) is 37.4 Å². The predicted octanol–water partition coefficient (Wildman–Crippen LogP) is 1.93. The second kappa shape index (κ2) is 13.2. The third-order valence-corrected chi connectivity index (χ3v) is 5.85. The minimum absolute atomic E-state index is 0.0322. The molecule has 7 nitrogen and oxygen atoms in total. The molecule has 1 heterocycles. The van der Waals surface area contributed by atoms with Gasteiger partial charge in [0.1, 0.15) is 18.3 Å². The van der Waals surface area contributed by atoms with E-state index < -0.39 is 18.3 Å². The van der Waals surface area contributed by atoms with Crippen molar-refractivity contribution < 1.29 is 24.5 Å². The number of ether oxygens (including phenoxy) is 2. The lowest BCUT2D eigenvalue weighted by Crippen LogP contribution is -2.48. The Morgan fingerprint density at radius 2 is 1.93 bits per heavy atom. The highest BCUT2D eigenvalue weighted by Crippen LogP contribution is 2.18. The van der Waals surface area contributed by atoms with Gasteiger partial charge in [0.2, 0.25) is 5.91 Å². The molecular weight excluding hydrogens is 408 g/mol. The van der Waals surface area contributed by atoms with Crippen LogP contribution >= 0.6 is 11.6 Å². The van der Waals surface area contributed by atoms with E-state index in [9.17, 15) is 15.0 Å². The van der Waals surface area contributed by atoms with Crippen LogP contribution in [0, 0.1) is 0 Å². The maximum atomic E-state index is 12.1. The van der Waals surface area contributed by atoms with E-state index in [1.54, 1.807) is 4.90 Å². The van der Waals surface area contributed by atoms with Crippen LogP contribution in [0.15, 0.2) is 24.3 Å². The highest BCUT2D eigenvalue weighted by Gasteiger charge is 2.29. The summed E-state index contributed by atoms with van der Waals surface area (Å²) in [4.78, 5) is 16.1. The van der Waals surface area contributed by atoms with Crippen molar-refractivity contribution in [2.24, 2.45) is 0 Å². The monoisotopic (exact) mass is 442 g/mol. The van der Waals surface area contributed by atoms with Crippen LogP contribution in [0.4, 0.5) is 0 Å². The van der Waals surface area contributed by atoms with Crippen molar-refractivity contribution in [3.63, 3.8) is 0 Å². The number of carbonyl (C=O) groups is 1. The topological polar surface area (TPSA) is 82.5 Å². The predicted molar refractivity (Wildman–Crippen MR) is 116 cm³/mol. The van der Waals surface area contributed by atoms with Crippen molar-refractivity contribution in [1.82, 2.24) is 9.80 Å². The van der Waals surface area contributed by atoms with Gasteiger partial charge in [-0.25, -0.2) is 0 Å². The summed E-state index contributed by atoms with van der Waals surface area (Å²) in [6.07, 6.45) is -0.286. The van der Waals surface area contributed by atoms with Crippen LogP contribution in [0.1, 0.15) is 31.7 Å². The number of aliphatic hydroxyl groups is 2.